The largest absolute Gasteiger partial charge is 0.465 e. The Bertz CT molecular complexity index is 433. The maximum atomic E-state index is 13.2. The molecule has 80 valence electrons. The summed E-state index contributed by atoms with van der Waals surface area (Å²) in [6, 6.07) is 1.90. The highest BCUT2D eigenvalue weighted by atomic mass is 19.1. The van der Waals surface area contributed by atoms with Crippen LogP contribution in [0.3, 0.4) is 0 Å². The quantitative estimate of drug-likeness (QED) is 0.344. The minimum Gasteiger partial charge on any atom is -0.465 e. The SMILES string of the molecule is COC(=O)c1ccc([N+](=O)[O-])c(F)c1N. The third kappa shape index (κ3) is 1.85. The molecule has 0 amide bonds. The van der Waals surface area contributed by atoms with E-state index in [0.717, 1.165) is 19.2 Å². The van der Waals surface area contributed by atoms with Crippen LogP contribution in [0.1, 0.15) is 10.4 Å². The van der Waals surface area contributed by atoms with Crippen LogP contribution < -0.4 is 5.73 Å². The van der Waals surface area contributed by atoms with Gasteiger partial charge >= 0.3 is 11.7 Å². The average Bonchev–Trinajstić information content (AvgIpc) is 2.20. The first-order chi connectivity index (χ1) is 6.99. The second-order valence-corrected chi connectivity index (χ2v) is 2.61. The molecule has 0 aromatic heterocycles. The predicted octanol–water partition coefficient (Wildman–Crippen LogP) is 1.10. The molecule has 0 saturated carbocycles. The Morgan fingerprint density at radius 2 is 2.20 bits per heavy atom. The number of rotatable bonds is 2. The normalized spacial score (nSPS) is 9.73. The van der Waals surface area contributed by atoms with E-state index in [9.17, 15) is 19.3 Å². The zero-order valence-corrected chi connectivity index (χ0v) is 7.69. The van der Waals surface area contributed by atoms with E-state index in [4.69, 9.17) is 5.73 Å². The van der Waals surface area contributed by atoms with Crippen molar-refractivity contribution < 1.29 is 18.8 Å². The second kappa shape index (κ2) is 3.91. The summed E-state index contributed by atoms with van der Waals surface area (Å²) in [5.41, 5.74) is 3.62. The maximum Gasteiger partial charge on any atom is 0.340 e. The number of benzene rings is 1. The third-order valence-electron chi connectivity index (χ3n) is 1.76. The molecule has 0 aliphatic heterocycles. The van der Waals surface area contributed by atoms with Crippen molar-refractivity contribution in [3.63, 3.8) is 0 Å². The average molecular weight is 214 g/mol. The van der Waals surface area contributed by atoms with Crippen molar-refractivity contribution in [2.24, 2.45) is 0 Å². The van der Waals surface area contributed by atoms with Gasteiger partial charge in [-0.1, -0.05) is 0 Å². The summed E-state index contributed by atoms with van der Waals surface area (Å²) in [6.07, 6.45) is 0. The standard InChI is InChI=1S/C8H7FN2O4/c1-15-8(12)4-2-3-5(11(13)14)6(9)7(4)10/h2-3H,10H2,1H3. The van der Waals surface area contributed by atoms with Gasteiger partial charge in [-0.2, -0.15) is 4.39 Å². The van der Waals surface area contributed by atoms with Crippen molar-refractivity contribution in [3.05, 3.63) is 33.6 Å². The molecular formula is C8H7FN2O4. The number of carbonyl (C=O) groups is 1. The van der Waals surface area contributed by atoms with Gasteiger partial charge in [0.15, 0.2) is 0 Å². The second-order valence-electron chi connectivity index (χ2n) is 2.61. The topological polar surface area (TPSA) is 95.5 Å². The van der Waals surface area contributed by atoms with Crippen molar-refractivity contribution >= 4 is 17.3 Å². The van der Waals surface area contributed by atoms with E-state index >= 15 is 0 Å². The fourth-order valence-electron chi connectivity index (χ4n) is 1.01. The number of hydrogen-bond donors (Lipinski definition) is 1. The summed E-state index contributed by atoms with van der Waals surface area (Å²) in [5, 5.41) is 10.3. The van der Waals surface area contributed by atoms with Gasteiger partial charge < -0.3 is 10.5 Å². The van der Waals surface area contributed by atoms with Gasteiger partial charge in [-0.25, -0.2) is 4.79 Å². The van der Waals surface area contributed by atoms with E-state index in [2.05, 4.69) is 4.74 Å². The Morgan fingerprint density at radius 3 is 2.67 bits per heavy atom. The lowest BCUT2D eigenvalue weighted by Gasteiger charge is -2.04. The van der Waals surface area contributed by atoms with E-state index in [1.54, 1.807) is 0 Å². The molecule has 1 aromatic rings. The van der Waals surface area contributed by atoms with Crippen LogP contribution in [0.25, 0.3) is 0 Å². The number of halogens is 1. The Kier molecular flexibility index (Phi) is 2.84. The van der Waals surface area contributed by atoms with Gasteiger partial charge in [0, 0.05) is 6.07 Å². The number of carbonyl (C=O) groups excluding carboxylic acids is 1. The number of methoxy groups -OCH3 is 1. The minimum absolute atomic E-state index is 0.236. The van der Waals surface area contributed by atoms with Gasteiger partial charge in [0.05, 0.1) is 23.3 Å². The lowest BCUT2D eigenvalue weighted by atomic mass is 10.1. The molecule has 1 aromatic carbocycles. The molecule has 15 heavy (non-hydrogen) atoms. The zero-order chi connectivity index (χ0) is 11.6. The fraction of sp³-hybridized carbons (Fsp3) is 0.125. The van der Waals surface area contributed by atoms with Crippen LogP contribution in [0, 0.1) is 15.9 Å². The van der Waals surface area contributed by atoms with Crippen molar-refractivity contribution in [1.29, 1.82) is 0 Å². The third-order valence-corrected chi connectivity index (χ3v) is 1.76. The van der Waals surface area contributed by atoms with Gasteiger partial charge in [0.1, 0.15) is 0 Å². The molecule has 0 aliphatic rings. The van der Waals surface area contributed by atoms with Crippen LogP contribution in [-0.4, -0.2) is 18.0 Å². The number of nitro benzene ring substituents is 1. The van der Waals surface area contributed by atoms with E-state index in [1.807, 2.05) is 0 Å². The lowest BCUT2D eigenvalue weighted by Crippen LogP contribution is -2.08. The predicted molar refractivity (Wildman–Crippen MR) is 48.8 cm³/mol. The van der Waals surface area contributed by atoms with Crippen LogP contribution in [0.4, 0.5) is 15.8 Å². The molecule has 2 N–H and O–H groups in total. The highest BCUT2D eigenvalue weighted by molar-refractivity contribution is 5.95. The maximum absolute atomic E-state index is 13.2. The molecule has 6 nitrogen and oxygen atoms in total. The first-order valence-electron chi connectivity index (χ1n) is 3.79. The molecule has 7 heteroatoms. The summed E-state index contributed by atoms with van der Waals surface area (Å²) in [4.78, 5) is 20.4. The van der Waals surface area contributed by atoms with Crippen molar-refractivity contribution in [2.75, 3.05) is 12.8 Å². The molecular weight excluding hydrogens is 207 g/mol. The van der Waals surface area contributed by atoms with E-state index in [0.29, 0.717) is 0 Å². The highest BCUT2D eigenvalue weighted by Gasteiger charge is 2.22. The lowest BCUT2D eigenvalue weighted by molar-refractivity contribution is -0.387. The zero-order valence-electron chi connectivity index (χ0n) is 7.69. The minimum atomic E-state index is -1.23. The number of anilines is 1. The first-order valence-corrected chi connectivity index (χ1v) is 3.79. The first kappa shape index (κ1) is 10.9. The molecule has 0 unspecified atom stereocenters. The highest BCUT2D eigenvalue weighted by Crippen LogP contribution is 2.25. The fourth-order valence-corrected chi connectivity index (χ4v) is 1.01. The monoisotopic (exact) mass is 214 g/mol. The van der Waals surface area contributed by atoms with Crippen LogP contribution in [0.15, 0.2) is 12.1 Å². The number of nitrogen functional groups attached to an aromatic ring is 1. The number of nitrogens with two attached hydrogens (primary N) is 1. The van der Waals surface area contributed by atoms with E-state index < -0.39 is 28.1 Å². The molecule has 0 fully saturated rings. The van der Waals surface area contributed by atoms with Crippen LogP contribution in [-0.2, 0) is 4.74 Å². The molecule has 0 saturated heterocycles. The molecule has 0 radical (unpaired) electrons. The Hall–Kier alpha value is -2.18. The smallest absolute Gasteiger partial charge is 0.340 e. The summed E-state index contributed by atoms with van der Waals surface area (Å²) in [6.45, 7) is 0. The number of nitro groups is 1. The number of ether oxygens (including phenoxy) is 1. The summed E-state index contributed by atoms with van der Waals surface area (Å²) < 4.78 is 17.6. The van der Waals surface area contributed by atoms with Crippen LogP contribution in [0.2, 0.25) is 0 Å². The molecule has 0 bridgehead atoms. The Morgan fingerprint density at radius 1 is 1.60 bits per heavy atom. The van der Waals surface area contributed by atoms with Gasteiger partial charge in [0.25, 0.3) is 0 Å². The summed E-state index contributed by atoms with van der Waals surface area (Å²) >= 11 is 0. The molecule has 0 atom stereocenters. The summed E-state index contributed by atoms with van der Waals surface area (Å²) in [5.74, 6) is -2.08. The van der Waals surface area contributed by atoms with Crippen molar-refractivity contribution in [1.82, 2.24) is 0 Å². The molecule has 0 heterocycles. The van der Waals surface area contributed by atoms with E-state index in [1.165, 1.54) is 0 Å². The molecule has 0 aliphatic carbocycles. The van der Waals surface area contributed by atoms with Gasteiger partial charge in [0.2, 0.25) is 5.82 Å². The van der Waals surface area contributed by atoms with Crippen LogP contribution in [0.5, 0.6) is 0 Å². The molecule has 1 rings (SSSR count). The Labute approximate surface area is 83.6 Å². The number of hydrogen-bond acceptors (Lipinski definition) is 5. The van der Waals surface area contributed by atoms with Crippen LogP contribution >= 0.6 is 0 Å². The summed E-state index contributed by atoms with van der Waals surface area (Å²) in [7, 11) is 1.10. The number of esters is 1. The van der Waals surface area contributed by atoms with Crippen molar-refractivity contribution in [2.45, 2.75) is 0 Å². The number of nitrogens with zero attached hydrogens (tertiary/aromatic N) is 1. The van der Waals surface area contributed by atoms with Crippen molar-refractivity contribution in [3.8, 4) is 0 Å². The van der Waals surface area contributed by atoms with E-state index in [-0.39, 0.29) is 5.56 Å². The molecule has 0 spiro atoms. The Balaban J connectivity index is 3.33. The van der Waals surface area contributed by atoms with Gasteiger partial charge in [-0.15, -0.1) is 0 Å². The van der Waals surface area contributed by atoms with Gasteiger partial charge in [-0.3, -0.25) is 10.1 Å². The van der Waals surface area contributed by atoms with Gasteiger partial charge in [-0.05, 0) is 6.07 Å².